The van der Waals surface area contributed by atoms with E-state index in [0.29, 0.717) is 25.2 Å². The SMILES string of the molecule is C=C(C)/C=C/C.CC(C=O)c1ccccc1.CC1=CC(C)OC(C(C)c2ccccc2)C1.CCOOCC.FB(F)F.[2HH]. The van der Waals surface area contributed by atoms with Gasteiger partial charge in [-0.15, -0.1) is 0 Å². The normalized spacial score (nSPS) is 16.7. The molecule has 0 fully saturated rings. The summed E-state index contributed by atoms with van der Waals surface area (Å²) in [6.45, 7) is 21.1. The largest absolute Gasteiger partial charge is 0.762 e. The summed E-state index contributed by atoms with van der Waals surface area (Å²) in [5.74, 6) is 0.494. The molecule has 4 atom stereocenters. The number of benzene rings is 2. The quantitative estimate of drug-likeness (QED) is 0.0581. The van der Waals surface area contributed by atoms with Crippen LogP contribution in [0.2, 0.25) is 0 Å². The Labute approximate surface area is 254 Å². The maximum Gasteiger partial charge on any atom is 0.762 e. The molecule has 0 radical (unpaired) electrons. The first-order valence-electron chi connectivity index (χ1n) is 14.3. The summed E-state index contributed by atoms with van der Waals surface area (Å²) in [6, 6.07) is 20.4. The predicted octanol–water partition coefficient (Wildman–Crippen LogP) is 10.1. The zero-order valence-corrected chi connectivity index (χ0v) is 26.6. The van der Waals surface area contributed by atoms with Crippen molar-refractivity contribution in [1.29, 1.82) is 0 Å². The van der Waals surface area contributed by atoms with Gasteiger partial charge in [0.25, 0.3) is 0 Å². The van der Waals surface area contributed by atoms with Gasteiger partial charge < -0.3 is 9.53 Å². The third-order valence-electron chi connectivity index (χ3n) is 5.61. The summed E-state index contributed by atoms with van der Waals surface area (Å²) in [7, 11) is -3.67. The minimum Gasteiger partial charge on any atom is -0.370 e. The van der Waals surface area contributed by atoms with Crippen LogP contribution >= 0.6 is 0 Å². The molecule has 0 bridgehead atoms. The predicted molar refractivity (Wildman–Crippen MR) is 173 cm³/mol. The Morgan fingerprint density at radius 2 is 1.48 bits per heavy atom. The smallest absolute Gasteiger partial charge is 0.370 e. The van der Waals surface area contributed by atoms with Crippen molar-refractivity contribution < 1.29 is 33.7 Å². The molecule has 1 heterocycles. The highest BCUT2D eigenvalue weighted by Gasteiger charge is 2.24. The molecule has 0 N–H and O–H groups in total. The molecule has 0 saturated heterocycles. The summed E-state index contributed by atoms with van der Waals surface area (Å²) in [6.07, 6.45) is 8.75. The number of hydrogen-bond donors (Lipinski definition) is 0. The Bertz CT molecular complexity index is 985. The van der Waals surface area contributed by atoms with Crippen LogP contribution in [0.3, 0.4) is 0 Å². The molecule has 3 rings (SSSR count). The monoisotopic (exact) mass is 593 g/mol. The van der Waals surface area contributed by atoms with Crippen LogP contribution in [0.4, 0.5) is 12.9 Å². The van der Waals surface area contributed by atoms with Gasteiger partial charge in [-0.25, -0.2) is 9.78 Å². The fourth-order valence-electron chi connectivity index (χ4n) is 3.70. The van der Waals surface area contributed by atoms with Gasteiger partial charge in [-0.2, -0.15) is 0 Å². The molecule has 8 heteroatoms. The van der Waals surface area contributed by atoms with Gasteiger partial charge in [0, 0.05) is 13.3 Å². The molecule has 1 aliphatic rings. The highest BCUT2D eigenvalue weighted by molar-refractivity contribution is 6.33. The van der Waals surface area contributed by atoms with Crippen molar-refractivity contribution in [3.8, 4) is 0 Å². The molecule has 0 aromatic heterocycles. The summed E-state index contributed by atoms with van der Waals surface area (Å²) in [5, 5.41) is 0. The molecule has 4 nitrogen and oxygen atoms in total. The van der Waals surface area contributed by atoms with E-state index in [4.69, 9.17) is 4.74 Å². The van der Waals surface area contributed by atoms with Crippen molar-refractivity contribution in [2.24, 2.45) is 0 Å². The summed E-state index contributed by atoms with van der Waals surface area (Å²) in [5.41, 5.74) is 5.01. The third kappa shape index (κ3) is 23.7. The van der Waals surface area contributed by atoms with E-state index < -0.39 is 7.54 Å². The van der Waals surface area contributed by atoms with Crippen LogP contribution in [-0.2, 0) is 19.3 Å². The van der Waals surface area contributed by atoms with Crippen LogP contribution < -0.4 is 0 Å². The van der Waals surface area contributed by atoms with Crippen molar-refractivity contribution in [2.45, 2.75) is 85.9 Å². The highest BCUT2D eigenvalue weighted by atomic mass is 19.4. The lowest BCUT2D eigenvalue weighted by atomic mass is 9.89. The van der Waals surface area contributed by atoms with Crippen molar-refractivity contribution in [2.75, 3.05) is 13.2 Å². The van der Waals surface area contributed by atoms with Crippen LogP contribution in [0, 0.1) is 0 Å². The molecular weight excluding hydrogens is 540 g/mol. The highest BCUT2D eigenvalue weighted by Crippen LogP contribution is 2.30. The number of halogens is 3. The first-order chi connectivity index (χ1) is 19.9. The minimum atomic E-state index is -3.67. The average molecular weight is 594 g/mol. The fraction of sp³-hybridized carbons (Fsp3) is 0.441. The van der Waals surface area contributed by atoms with E-state index in [1.807, 2.05) is 77.1 Å². The van der Waals surface area contributed by atoms with Crippen molar-refractivity contribution in [3.63, 3.8) is 0 Å². The number of aldehydes is 1. The third-order valence-corrected chi connectivity index (χ3v) is 5.61. The minimum absolute atomic E-state index is 0. The van der Waals surface area contributed by atoms with E-state index in [-0.39, 0.29) is 13.4 Å². The molecule has 0 amide bonds. The van der Waals surface area contributed by atoms with Crippen LogP contribution in [0.5, 0.6) is 0 Å². The van der Waals surface area contributed by atoms with Gasteiger partial charge in [0.15, 0.2) is 0 Å². The summed E-state index contributed by atoms with van der Waals surface area (Å²) in [4.78, 5) is 19.3. The zero-order chi connectivity index (χ0) is 32.3. The fourth-order valence-corrected chi connectivity index (χ4v) is 3.70. The maximum absolute atomic E-state index is 10.3. The molecule has 1 aliphatic heterocycles. The van der Waals surface area contributed by atoms with Crippen LogP contribution in [0.25, 0.3) is 0 Å². The van der Waals surface area contributed by atoms with E-state index in [2.05, 4.69) is 73.5 Å². The van der Waals surface area contributed by atoms with Gasteiger partial charge in [-0.1, -0.05) is 110 Å². The van der Waals surface area contributed by atoms with E-state index in [9.17, 15) is 17.7 Å². The number of ether oxygens (including phenoxy) is 1. The average Bonchev–Trinajstić information content (AvgIpc) is 2.96. The van der Waals surface area contributed by atoms with E-state index in [0.717, 1.165) is 23.8 Å². The number of rotatable bonds is 8. The molecule has 0 aliphatic carbocycles. The van der Waals surface area contributed by atoms with Crippen LogP contribution in [0.1, 0.15) is 86.2 Å². The first kappa shape index (κ1) is 41.2. The molecule has 2 aromatic rings. The number of allylic oxidation sites excluding steroid dienone is 3. The molecule has 4 unspecified atom stereocenters. The van der Waals surface area contributed by atoms with E-state index in [1.54, 1.807) is 0 Å². The van der Waals surface area contributed by atoms with E-state index in [1.165, 1.54) is 11.1 Å². The van der Waals surface area contributed by atoms with Gasteiger partial charge in [0.05, 0.1) is 25.4 Å². The van der Waals surface area contributed by atoms with Gasteiger partial charge >= 0.3 is 7.54 Å². The zero-order valence-electron chi connectivity index (χ0n) is 26.6. The lowest BCUT2D eigenvalue weighted by Crippen LogP contribution is -2.28. The summed E-state index contributed by atoms with van der Waals surface area (Å²) >= 11 is 0. The Morgan fingerprint density at radius 1 is 1.02 bits per heavy atom. The second-order valence-electron chi connectivity index (χ2n) is 9.54. The van der Waals surface area contributed by atoms with Gasteiger partial charge in [0.1, 0.15) is 6.29 Å². The lowest BCUT2D eigenvalue weighted by Gasteiger charge is -2.31. The second-order valence-corrected chi connectivity index (χ2v) is 9.54. The Hall–Kier alpha value is -2.94. The van der Waals surface area contributed by atoms with Crippen molar-refractivity contribution in [1.82, 2.24) is 0 Å². The lowest BCUT2D eigenvalue weighted by molar-refractivity contribution is -0.287. The second kappa shape index (κ2) is 26.9. The number of carbonyl (C=O) groups is 1. The number of carbonyl (C=O) groups excluding carboxylic acids is 1. The van der Waals surface area contributed by atoms with E-state index >= 15 is 0 Å². The summed E-state index contributed by atoms with van der Waals surface area (Å²) < 4.78 is 35.0. The molecule has 0 spiro atoms. The Morgan fingerprint density at radius 3 is 1.81 bits per heavy atom. The molecule has 42 heavy (non-hydrogen) atoms. The standard InChI is InChI=1S/C15H20O.C9H10O.C6H10.C4H10O2.BF3.H2/c1-11-9-12(2)16-15(10-11)13(3)14-7-5-4-6-8-14;1-8(7-10)9-5-3-2-4-6-9;1-4-5-6(2)3;1-3-5-6-4-2;2-1(3)4;/h4-9,12-13,15H,10H2,1-3H3;2-8H,1H3;4-5H,2H2,1,3H3;3-4H2,1-2H3;;1H/b;;5-4+;;;/i;;;;;1+1. The van der Waals surface area contributed by atoms with Crippen LogP contribution in [-0.4, -0.2) is 39.3 Å². The molecule has 0 saturated carbocycles. The van der Waals surface area contributed by atoms with Gasteiger partial charge in [-0.05, 0) is 59.1 Å². The Balaban J connectivity index is -0.000000512. The molecular formula is C34H52BF3O4. The topological polar surface area (TPSA) is 44.8 Å². The van der Waals surface area contributed by atoms with Gasteiger partial charge in [-0.3, -0.25) is 12.9 Å². The molecule has 236 valence electrons. The first-order valence-corrected chi connectivity index (χ1v) is 14.3. The van der Waals surface area contributed by atoms with Crippen molar-refractivity contribution >= 4 is 13.8 Å². The maximum atomic E-state index is 10.3. The van der Waals surface area contributed by atoms with Gasteiger partial charge in [0.2, 0.25) is 0 Å². The Kier molecular flexibility index (Phi) is 26.4. The number of hydrogen-bond acceptors (Lipinski definition) is 4. The molecule has 2 aromatic carbocycles. The van der Waals surface area contributed by atoms with Crippen LogP contribution in [0.15, 0.2) is 96.6 Å². The van der Waals surface area contributed by atoms with Crippen molar-refractivity contribution in [3.05, 3.63) is 108 Å².